The summed E-state index contributed by atoms with van der Waals surface area (Å²) in [5, 5.41) is 3.16. The van der Waals surface area contributed by atoms with Crippen molar-refractivity contribution in [3.63, 3.8) is 0 Å². The molecule has 0 aromatic heterocycles. The van der Waals surface area contributed by atoms with Gasteiger partial charge in [0.05, 0.1) is 5.25 Å². The lowest BCUT2D eigenvalue weighted by Crippen LogP contribution is -2.39. The first kappa shape index (κ1) is 15.4. The molecule has 1 saturated carbocycles. The molecular weight excluding hydrogens is 274 g/mol. The third-order valence-electron chi connectivity index (χ3n) is 3.47. The van der Waals surface area contributed by atoms with Crippen LogP contribution in [0.2, 0.25) is 0 Å². The number of rotatable bonds is 8. The highest BCUT2D eigenvalue weighted by atomic mass is 32.2. The Morgan fingerprint density at radius 3 is 2.40 bits per heavy atom. The first-order chi connectivity index (χ1) is 9.51. The molecule has 0 saturated heterocycles. The van der Waals surface area contributed by atoms with Crippen molar-refractivity contribution in [1.82, 2.24) is 10.0 Å². The molecule has 5 nitrogen and oxygen atoms in total. The number of sulfonamides is 1. The van der Waals surface area contributed by atoms with Crippen molar-refractivity contribution in [2.75, 3.05) is 6.54 Å². The Morgan fingerprint density at radius 1 is 1.25 bits per heavy atom. The van der Waals surface area contributed by atoms with Gasteiger partial charge in [0.25, 0.3) is 0 Å². The highest BCUT2D eigenvalue weighted by Crippen LogP contribution is 2.27. The Kier molecular flexibility index (Phi) is 5.15. The fourth-order valence-corrected chi connectivity index (χ4v) is 3.37. The van der Waals surface area contributed by atoms with E-state index in [1.165, 1.54) is 5.56 Å². The van der Waals surface area contributed by atoms with Crippen molar-refractivity contribution >= 4 is 10.0 Å². The van der Waals surface area contributed by atoms with Gasteiger partial charge >= 0.3 is 0 Å². The molecule has 1 aromatic rings. The minimum absolute atomic E-state index is 0.0951. The molecule has 0 bridgehead atoms. The van der Waals surface area contributed by atoms with Gasteiger partial charge in [0.1, 0.15) is 0 Å². The molecule has 0 spiro atoms. The zero-order valence-electron chi connectivity index (χ0n) is 11.8. The summed E-state index contributed by atoms with van der Waals surface area (Å²) in [7, 11) is -3.08. The molecule has 2 rings (SSSR count). The average molecular weight is 297 g/mol. The molecule has 1 aromatic carbocycles. The molecule has 1 aliphatic carbocycles. The van der Waals surface area contributed by atoms with Crippen LogP contribution in [0.15, 0.2) is 24.3 Å². The maximum atomic E-state index is 11.7. The lowest BCUT2D eigenvalue weighted by Gasteiger charge is -2.15. The van der Waals surface area contributed by atoms with Crippen molar-refractivity contribution in [3.05, 3.63) is 35.4 Å². The molecule has 6 heteroatoms. The topological polar surface area (TPSA) is 84.2 Å². The second-order valence-electron chi connectivity index (χ2n) is 5.40. The molecule has 1 fully saturated rings. The third-order valence-corrected chi connectivity index (χ3v) is 5.39. The second kappa shape index (κ2) is 6.67. The number of nitrogens with two attached hydrogens (primary N) is 1. The molecule has 1 atom stereocenters. The molecule has 112 valence electrons. The number of hydrogen-bond donors (Lipinski definition) is 3. The number of hydrogen-bond acceptors (Lipinski definition) is 4. The van der Waals surface area contributed by atoms with E-state index in [2.05, 4.69) is 10.0 Å². The first-order valence-corrected chi connectivity index (χ1v) is 8.55. The van der Waals surface area contributed by atoms with Crippen LogP contribution in [0.4, 0.5) is 0 Å². The third kappa shape index (κ3) is 4.56. The van der Waals surface area contributed by atoms with E-state index in [1.54, 1.807) is 0 Å². The molecule has 1 unspecified atom stereocenters. The van der Waals surface area contributed by atoms with Gasteiger partial charge < -0.3 is 11.1 Å². The minimum Gasteiger partial charge on any atom is -0.326 e. The van der Waals surface area contributed by atoms with Crippen LogP contribution in [0.1, 0.15) is 30.9 Å². The maximum absolute atomic E-state index is 11.7. The molecule has 0 radical (unpaired) electrons. The van der Waals surface area contributed by atoms with Crippen LogP contribution in [-0.2, 0) is 23.1 Å². The molecular formula is C14H23N3O2S. The van der Waals surface area contributed by atoms with Crippen LogP contribution in [0, 0.1) is 0 Å². The van der Waals surface area contributed by atoms with Crippen LogP contribution in [0.5, 0.6) is 0 Å². The van der Waals surface area contributed by atoms with Gasteiger partial charge in [-0.2, -0.15) is 0 Å². The minimum atomic E-state index is -3.08. The molecule has 0 aliphatic heterocycles. The summed E-state index contributed by atoms with van der Waals surface area (Å²) in [5.41, 5.74) is 7.83. The van der Waals surface area contributed by atoms with Crippen molar-refractivity contribution in [2.24, 2.45) is 5.73 Å². The number of benzene rings is 1. The van der Waals surface area contributed by atoms with E-state index in [-0.39, 0.29) is 11.3 Å². The van der Waals surface area contributed by atoms with Crippen LogP contribution in [0.25, 0.3) is 0 Å². The van der Waals surface area contributed by atoms with E-state index < -0.39 is 10.0 Å². The molecule has 0 amide bonds. The fraction of sp³-hybridized carbons (Fsp3) is 0.571. The first-order valence-electron chi connectivity index (χ1n) is 7.01. The van der Waals surface area contributed by atoms with Gasteiger partial charge in [0.15, 0.2) is 0 Å². The summed E-state index contributed by atoms with van der Waals surface area (Å²) >= 11 is 0. The standard InChI is InChI=1S/C14H23N3O2S/c1-11(9-17-20(18,19)14-6-7-14)16-10-13-4-2-12(8-15)3-5-13/h2-5,11,14,16-17H,6-10,15H2,1H3. The monoisotopic (exact) mass is 297 g/mol. The molecule has 0 heterocycles. The fourth-order valence-electron chi connectivity index (χ4n) is 1.89. The van der Waals surface area contributed by atoms with Crippen molar-refractivity contribution in [1.29, 1.82) is 0 Å². The normalized spacial score (nSPS) is 17.1. The maximum Gasteiger partial charge on any atom is 0.214 e. The Labute approximate surface area is 121 Å². The van der Waals surface area contributed by atoms with E-state index in [9.17, 15) is 8.42 Å². The van der Waals surface area contributed by atoms with Crippen molar-refractivity contribution in [3.8, 4) is 0 Å². The Hall–Kier alpha value is -0.950. The molecule has 4 N–H and O–H groups in total. The van der Waals surface area contributed by atoms with E-state index in [4.69, 9.17) is 5.73 Å². The van der Waals surface area contributed by atoms with E-state index in [0.29, 0.717) is 13.1 Å². The predicted octanol–water partition coefficient (Wildman–Crippen LogP) is 0.705. The van der Waals surface area contributed by atoms with Crippen LogP contribution in [-0.4, -0.2) is 26.3 Å². The summed E-state index contributed by atoms with van der Waals surface area (Å²) in [4.78, 5) is 0. The van der Waals surface area contributed by atoms with Crippen molar-refractivity contribution in [2.45, 2.75) is 44.1 Å². The van der Waals surface area contributed by atoms with Crippen molar-refractivity contribution < 1.29 is 8.42 Å². The van der Waals surface area contributed by atoms with Crippen LogP contribution < -0.4 is 15.8 Å². The average Bonchev–Trinajstić information content (AvgIpc) is 3.28. The Morgan fingerprint density at radius 2 is 1.85 bits per heavy atom. The van der Waals surface area contributed by atoms with Crippen LogP contribution in [0.3, 0.4) is 0 Å². The zero-order chi connectivity index (χ0) is 14.6. The Balaban J connectivity index is 1.72. The van der Waals surface area contributed by atoms with Gasteiger partial charge in [0, 0.05) is 25.7 Å². The van der Waals surface area contributed by atoms with Gasteiger partial charge in [-0.3, -0.25) is 0 Å². The quantitative estimate of drug-likeness (QED) is 0.659. The summed E-state index contributed by atoms with van der Waals surface area (Å²) in [6.45, 7) is 3.67. The van der Waals surface area contributed by atoms with Gasteiger partial charge in [-0.15, -0.1) is 0 Å². The smallest absolute Gasteiger partial charge is 0.214 e. The Bertz CT molecular complexity index is 524. The lowest BCUT2D eigenvalue weighted by atomic mass is 10.1. The highest BCUT2D eigenvalue weighted by molar-refractivity contribution is 7.90. The highest BCUT2D eigenvalue weighted by Gasteiger charge is 2.35. The van der Waals surface area contributed by atoms with Gasteiger partial charge in [0.2, 0.25) is 10.0 Å². The van der Waals surface area contributed by atoms with Gasteiger partial charge in [-0.25, -0.2) is 13.1 Å². The largest absolute Gasteiger partial charge is 0.326 e. The van der Waals surface area contributed by atoms with Gasteiger partial charge in [-0.05, 0) is 30.9 Å². The lowest BCUT2D eigenvalue weighted by molar-refractivity contribution is 0.524. The van der Waals surface area contributed by atoms with E-state index >= 15 is 0 Å². The molecule has 1 aliphatic rings. The summed E-state index contributed by atoms with van der Waals surface area (Å²) in [6, 6.07) is 8.19. The zero-order valence-corrected chi connectivity index (χ0v) is 12.6. The van der Waals surface area contributed by atoms with Gasteiger partial charge in [-0.1, -0.05) is 24.3 Å². The van der Waals surface area contributed by atoms with E-state index in [0.717, 1.165) is 24.9 Å². The SMILES string of the molecule is CC(CNS(=O)(=O)C1CC1)NCc1ccc(CN)cc1. The van der Waals surface area contributed by atoms with Crippen LogP contribution >= 0.6 is 0 Å². The summed E-state index contributed by atoms with van der Waals surface area (Å²) in [5.74, 6) is 0. The summed E-state index contributed by atoms with van der Waals surface area (Å²) < 4.78 is 26.1. The second-order valence-corrected chi connectivity index (χ2v) is 7.44. The predicted molar refractivity (Wildman–Crippen MR) is 80.6 cm³/mol. The van der Waals surface area contributed by atoms with E-state index in [1.807, 2.05) is 31.2 Å². The number of nitrogens with one attached hydrogen (secondary N) is 2. The molecule has 20 heavy (non-hydrogen) atoms. The summed E-state index contributed by atoms with van der Waals surface area (Å²) in [6.07, 6.45) is 1.59.